The second kappa shape index (κ2) is 6.28. The quantitative estimate of drug-likeness (QED) is 0.903. The normalized spacial score (nSPS) is 17.5. The van der Waals surface area contributed by atoms with E-state index in [9.17, 15) is 9.59 Å². The van der Waals surface area contributed by atoms with E-state index in [0.717, 1.165) is 30.2 Å². The molecule has 1 N–H and O–H groups in total. The van der Waals surface area contributed by atoms with Crippen LogP contribution >= 0.6 is 0 Å². The predicted octanol–water partition coefficient (Wildman–Crippen LogP) is 0.824. The van der Waals surface area contributed by atoms with Gasteiger partial charge in [0.1, 0.15) is 11.5 Å². The zero-order chi connectivity index (χ0) is 16.4. The summed E-state index contributed by atoms with van der Waals surface area (Å²) in [4.78, 5) is 25.9. The molecular formula is C16H20N4O3. The van der Waals surface area contributed by atoms with Gasteiger partial charge >= 0.3 is 0 Å². The van der Waals surface area contributed by atoms with E-state index in [4.69, 9.17) is 4.42 Å². The largest absolute Gasteiger partial charge is 0.465 e. The van der Waals surface area contributed by atoms with E-state index in [1.165, 1.54) is 4.68 Å². The van der Waals surface area contributed by atoms with Crippen LogP contribution in [0.25, 0.3) is 0 Å². The molecule has 122 valence electrons. The van der Waals surface area contributed by atoms with Crippen molar-refractivity contribution in [1.29, 1.82) is 0 Å². The van der Waals surface area contributed by atoms with Gasteiger partial charge in [0.05, 0.1) is 24.3 Å². The van der Waals surface area contributed by atoms with E-state index in [1.807, 2.05) is 24.0 Å². The topological polar surface area (TPSA) is 80.4 Å². The molecule has 3 heterocycles. The first-order valence-corrected chi connectivity index (χ1v) is 7.64. The number of aryl methyl sites for hydroxylation is 2. The molecule has 1 unspecified atom stereocenters. The summed E-state index contributed by atoms with van der Waals surface area (Å²) in [5.41, 5.74) is 0.619. The van der Waals surface area contributed by atoms with Crippen molar-refractivity contribution in [1.82, 2.24) is 15.1 Å². The second-order valence-corrected chi connectivity index (χ2v) is 5.84. The molecular weight excluding hydrogens is 296 g/mol. The Morgan fingerprint density at radius 3 is 3.00 bits per heavy atom. The standard InChI is InChI=1S/C16H20N4O3/c1-11-3-4-14(23-11)9-17-16(22)12-5-6-20(10-12)13-7-15(21)19(2)18-8-13/h3-4,7-8,12H,5-6,9-10H2,1-2H3,(H,17,22). The van der Waals surface area contributed by atoms with E-state index >= 15 is 0 Å². The number of aromatic nitrogens is 2. The number of hydrogen-bond acceptors (Lipinski definition) is 5. The molecule has 0 spiro atoms. The Morgan fingerprint density at radius 2 is 2.30 bits per heavy atom. The summed E-state index contributed by atoms with van der Waals surface area (Å²) in [6.45, 7) is 3.61. The Morgan fingerprint density at radius 1 is 1.48 bits per heavy atom. The first kappa shape index (κ1) is 15.3. The Labute approximate surface area is 133 Å². The van der Waals surface area contributed by atoms with E-state index in [2.05, 4.69) is 10.4 Å². The molecule has 23 heavy (non-hydrogen) atoms. The number of hydrogen-bond donors (Lipinski definition) is 1. The number of furan rings is 1. The second-order valence-electron chi connectivity index (χ2n) is 5.84. The summed E-state index contributed by atoms with van der Waals surface area (Å²) >= 11 is 0. The summed E-state index contributed by atoms with van der Waals surface area (Å²) in [7, 11) is 1.61. The molecule has 1 fully saturated rings. The lowest BCUT2D eigenvalue weighted by Gasteiger charge is -2.18. The van der Waals surface area contributed by atoms with Crippen LogP contribution in [0.1, 0.15) is 17.9 Å². The van der Waals surface area contributed by atoms with Crippen LogP contribution in [0.3, 0.4) is 0 Å². The predicted molar refractivity (Wildman–Crippen MR) is 85.1 cm³/mol. The van der Waals surface area contributed by atoms with Gasteiger partial charge in [-0.3, -0.25) is 9.59 Å². The Kier molecular flexibility index (Phi) is 4.18. The minimum absolute atomic E-state index is 0.0124. The maximum absolute atomic E-state index is 12.3. The van der Waals surface area contributed by atoms with Crippen LogP contribution < -0.4 is 15.8 Å². The highest BCUT2D eigenvalue weighted by molar-refractivity contribution is 5.80. The fourth-order valence-corrected chi connectivity index (χ4v) is 2.74. The van der Waals surface area contributed by atoms with E-state index in [1.54, 1.807) is 19.3 Å². The first-order valence-electron chi connectivity index (χ1n) is 7.64. The van der Waals surface area contributed by atoms with Gasteiger partial charge < -0.3 is 14.6 Å². The molecule has 1 saturated heterocycles. The van der Waals surface area contributed by atoms with Gasteiger partial charge in [-0.15, -0.1) is 0 Å². The maximum atomic E-state index is 12.3. The van der Waals surface area contributed by atoms with Crippen LogP contribution in [0.2, 0.25) is 0 Å². The van der Waals surface area contributed by atoms with Crippen molar-refractivity contribution in [3.05, 3.63) is 46.3 Å². The summed E-state index contributed by atoms with van der Waals surface area (Å²) in [6, 6.07) is 5.29. The molecule has 2 aromatic heterocycles. The molecule has 0 radical (unpaired) electrons. The van der Waals surface area contributed by atoms with Crippen molar-refractivity contribution < 1.29 is 9.21 Å². The molecule has 0 bridgehead atoms. The SMILES string of the molecule is Cc1ccc(CNC(=O)C2CCN(c3cnn(C)c(=O)c3)C2)o1. The number of nitrogens with zero attached hydrogens (tertiary/aromatic N) is 3. The zero-order valence-corrected chi connectivity index (χ0v) is 13.3. The van der Waals surface area contributed by atoms with Crippen LogP contribution in [-0.4, -0.2) is 28.8 Å². The van der Waals surface area contributed by atoms with Crippen molar-refractivity contribution >= 4 is 11.6 Å². The van der Waals surface area contributed by atoms with Crippen molar-refractivity contribution in [3.8, 4) is 0 Å². The highest BCUT2D eigenvalue weighted by Crippen LogP contribution is 2.22. The number of nitrogens with one attached hydrogen (secondary N) is 1. The molecule has 0 saturated carbocycles. The van der Waals surface area contributed by atoms with Crippen molar-refractivity contribution in [2.24, 2.45) is 13.0 Å². The van der Waals surface area contributed by atoms with Crippen molar-refractivity contribution in [2.75, 3.05) is 18.0 Å². The van der Waals surface area contributed by atoms with Crippen LogP contribution in [0.15, 0.2) is 33.6 Å². The van der Waals surface area contributed by atoms with Crippen molar-refractivity contribution in [2.45, 2.75) is 19.9 Å². The summed E-state index contributed by atoms with van der Waals surface area (Å²) in [5.74, 6) is 1.51. The lowest BCUT2D eigenvalue weighted by molar-refractivity contribution is -0.124. The van der Waals surface area contributed by atoms with Gasteiger partial charge in [0.15, 0.2) is 0 Å². The van der Waals surface area contributed by atoms with E-state index in [0.29, 0.717) is 13.1 Å². The molecule has 1 aliphatic rings. The summed E-state index contributed by atoms with van der Waals surface area (Å²) in [6.07, 6.45) is 2.42. The molecule has 0 aliphatic carbocycles. The zero-order valence-electron chi connectivity index (χ0n) is 13.3. The van der Waals surface area contributed by atoms with Gasteiger partial charge in [-0.2, -0.15) is 5.10 Å². The summed E-state index contributed by atoms with van der Waals surface area (Å²) < 4.78 is 6.73. The summed E-state index contributed by atoms with van der Waals surface area (Å²) in [5, 5.41) is 6.93. The minimum atomic E-state index is -0.149. The van der Waals surface area contributed by atoms with Crippen LogP contribution in [0.5, 0.6) is 0 Å². The van der Waals surface area contributed by atoms with Crippen LogP contribution in [0.4, 0.5) is 5.69 Å². The minimum Gasteiger partial charge on any atom is -0.465 e. The smallest absolute Gasteiger partial charge is 0.268 e. The molecule has 2 aromatic rings. The lowest BCUT2D eigenvalue weighted by atomic mass is 10.1. The number of anilines is 1. The van der Waals surface area contributed by atoms with Crippen molar-refractivity contribution in [3.63, 3.8) is 0 Å². The Hall–Kier alpha value is -2.57. The third-order valence-electron chi connectivity index (χ3n) is 4.11. The molecule has 1 atom stereocenters. The first-order chi connectivity index (χ1) is 11.0. The highest BCUT2D eigenvalue weighted by Gasteiger charge is 2.28. The molecule has 1 aliphatic heterocycles. The molecule has 0 aromatic carbocycles. The van der Waals surface area contributed by atoms with Gasteiger partial charge in [0.2, 0.25) is 5.91 Å². The van der Waals surface area contributed by atoms with Gasteiger partial charge in [-0.25, -0.2) is 4.68 Å². The van der Waals surface area contributed by atoms with Gasteiger partial charge in [-0.1, -0.05) is 0 Å². The highest BCUT2D eigenvalue weighted by atomic mass is 16.3. The third-order valence-corrected chi connectivity index (χ3v) is 4.11. The maximum Gasteiger partial charge on any atom is 0.268 e. The third kappa shape index (κ3) is 3.44. The van der Waals surface area contributed by atoms with Gasteiger partial charge in [-0.05, 0) is 25.5 Å². The van der Waals surface area contributed by atoms with E-state index in [-0.39, 0.29) is 17.4 Å². The molecule has 1 amide bonds. The monoisotopic (exact) mass is 316 g/mol. The fraction of sp³-hybridized carbons (Fsp3) is 0.438. The van der Waals surface area contributed by atoms with E-state index < -0.39 is 0 Å². The Balaban J connectivity index is 1.57. The van der Waals surface area contributed by atoms with Crippen LogP contribution in [-0.2, 0) is 18.4 Å². The lowest BCUT2D eigenvalue weighted by Crippen LogP contribution is -2.32. The number of carbonyl (C=O) groups excluding carboxylic acids is 1. The van der Waals surface area contributed by atoms with Gasteiger partial charge in [0.25, 0.3) is 5.56 Å². The van der Waals surface area contributed by atoms with Crippen LogP contribution in [0, 0.1) is 12.8 Å². The average molecular weight is 316 g/mol. The average Bonchev–Trinajstić information content (AvgIpc) is 3.17. The number of carbonyl (C=O) groups is 1. The fourth-order valence-electron chi connectivity index (χ4n) is 2.74. The number of rotatable bonds is 4. The van der Waals surface area contributed by atoms with Gasteiger partial charge in [0, 0.05) is 26.2 Å². The molecule has 3 rings (SSSR count). The Bertz CT molecular complexity index is 765. The molecule has 7 heteroatoms. The molecule has 7 nitrogen and oxygen atoms in total. The number of amides is 1.